The van der Waals surface area contributed by atoms with Gasteiger partial charge in [0, 0.05) is 13.0 Å². The number of carboxylic acids is 1. The van der Waals surface area contributed by atoms with E-state index < -0.39 is 47.9 Å². The van der Waals surface area contributed by atoms with Crippen LogP contribution in [0.4, 0.5) is 0 Å². The van der Waals surface area contributed by atoms with Gasteiger partial charge in [-0.3, -0.25) is 19.2 Å². The van der Waals surface area contributed by atoms with Gasteiger partial charge in [0.15, 0.2) is 0 Å². The number of unbranched alkanes of at least 4 members (excludes halogenated alkanes) is 2. The number of nitrogens with one attached hydrogen (secondary N) is 2. The van der Waals surface area contributed by atoms with Gasteiger partial charge in [0.2, 0.25) is 23.6 Å². The maximum atomic E-state index is 13.1. The van der Waals surface area contributed by atoms with Crippen molar-refractivity contribution in [2.75, 3.05) is 19.6 Å². The summed E-state index contributed by atoms with van der Waals surface area (Å²) in [6, 6.07) is -3.86. The number of aliphatic carboxylic acids is 1. The van der Waals surface area contributed by atoms with E-state index in [9.17, 15) is 29.1 Å². The Hall–Kier alpha value is -2.77. The highest BCUT2D eigenvalue weighted by atomic mass is 16.4. The molecular weight excluding hydrogens is 458 g/mol. The molecular formula is C22H41N7O6. The Kier molecular flexibility index (Phi) is 13.8. The largest absolute Gasteiger partial charge is 0.480 e. The van der Waals surface area contributed by atoms with Gasteiger partial charge < -0.3 is 43.6 Å². The summed E-state index contributed by atoms with van der Waals surface area (Å²) < 4.78 is 0. The molecule has 1 fully saturated rings. The summed E-state index contributed by atoms with van der Waals surface area (Å²) >= 11 is 0. The molecule has 13 nitrogen and oxygen atoms in total. The van der Waals surface area contributed by atoms with Gasteiger partial charge in [-0.15, -0.1) is 0 Å². The molecule has 0 aromatic rings. The fourth-order valence-electron chi connectivity index (χ4n) is 3.99. The zero-order valence-corrected chi connectivity index (χ0v) is 20.2. The van der Waals surface area contributed by atoms with Crippen molar-refractivity contribution in [3.8, 4) is 0 Å². The zero-order valence-electron chi connectivity index (χ0n) is 20.2. The molecule has 0 radical (unpaired) electrons. The number of nitrogens with two attached hydrogens (primary N) is 4. The molecule has 1 saturated heterocycles. The Balaban J connectivity index is 2.87. The third kappa shape index (κ3) is 10.6. The molecule has 0 saturated carbocycles. The zero-order chi connectivity index (χ0) is 26.4. The molecule has 200 valence electrons. The van der Waals surface area contributed by atoms with Gasteiger partial charge in [0.05, 0.1) is 6.04 Å². The van der Waals surface area contributed by atoms with Gasteiger partial charge in [0.25, 0.3) is 0 Å². The maximum absolute atomic E-state index is 13.1. The summed E-state index contributed by atoms with van der Waals surface area (Å²) in [6.07, 6.45) is 3.95. The molecule has 35 heavy (non-hydrogen) atoms. The standard InChI is InChI=1S/C22H41N7O6/c23-11-3-1-6-14(25)21(33)29-13-5-8-17(29)20(32)27-15(7-2-4-12-24)19(31)28-16(22(34)35)9-10-18(26)30/h14-17H,1-13,23-25H2,(H2,26,30)(H,27,32)(H,28,31)(H,34,35). The lowest BCUT2D eigenvalue weighted by molar-refractivity contribution is -0.143. The summed E-state index contributed by atoms with van der Waals surface area (Å²) in [5, 5.41) is 14.4. The summed E-state index contributed by atoms with van der Waals surface area (Å²) in [5.74, 6) is -3.52. The molecule has 0 bridgehead atoms. The van der Waals surface area contributed by atoms with Crippen LogP contribution in [-0.2, 0) is 24.0 Å². The highest BCUT2D eigenvalue weighted by Crippen LogP contribution is 2.20. The van der Waals surface area contributed by atoms with E-state index in [1.54, 1.807) is 0 Å². The van der Waals surface area contributed by atoms with Crippen molar-refractivity contribution in [1.29, 1.82) is 0 Å². The molecule has 1 rings (SSSR count). The molecule has 1 aliphatic rings. The molecule has 4 amide bonds. The first kappa shape index (κ1) is 30.3. The SMILES string of the molecule is NCCCCC(N)C(=O)N1CCCC1C(=O)NC(CCCCN)C(=O)NC(CCC(N)=O)C(=O)O. The van der Waals surface area contributed by atoms with Crippen LogP contribution in [0.2, 0.25) is 0 Å². The number of nitrogens with zero attached hydrogens (tertiary/aromatic N) is 1. The second kappa shape index (κ2) is 16.0. The fourth-order valence-corrected chi connectivity index (χ4v) is 3.99. The lowest BCUT2D eigenvalue weighted by atomic mass is 10.1. The monoisotopic (exact) mass is 499 g/mol. The van der Waals surface area contributed by atoms with Crippen molar-refractivity contribution in [2.45, 2.75) is 88.4 Å². The van der Waals surface area contributed by atoms with Crippen LogP contribution in [0.25, 0.3) is 0 Å². The molecule has 13 heteroatoms. The van der Waals surface area contributed by atoms with E-state index in [-0.39, 0.29) is 25.2 Å². The number of likely N-dealkylation sites (tertiary alicyclic amines) is 1. The van der Waals surface area contributed by atoms with Gasteiger partial charge in [-0.05, 0) is 64.5 Å². The Morgan fingerprint density at radius 1 is 0.914 bits per heavy atom. The number of hydrogen-bond acceptors (Lipinski definition) is 8. The minimum Gasteiger partial charge on any atom is -0.480 e. The Morgan fingerprint density at radius 3 is 2.11 bits per heavy atom. The number of rotatable bonds is 17. The molecule has 11 N–H and O–H groups in total. The topological polar surface area (TPSA) is 237 Å². The highest BCUT2D eigenvalue weighted by molar-refractivity contribution is 5.94. The predicted octanol–water partition coefficient (Wildman–Crippen LogP) is -2.12. The van der Waals surface area contributed by atoms with Gasteiger partial charge in [-0.1, -0.05) is 6.42 Å². The van der Waals surface area contributed by atoms with E-state index in [1.807, 2.05) is 0 Å². The van der Waals surface area contributed by atoms with Crippen molar-refractivity contribution < 1.29 is 29.1 Å². The molecule has 1 heterocycles. The van der Waals surface area contributed by atoms with Crippen LogP contribution in [0.1, 0.15) is 64.2 Å². The average Bonchev–Trinajstić information content (AvgIpc) is 3.30. The summed E-state index contributed by atoms with van der Waals surface area (Å²) in [6.45, 7) is 1.29. The first-order chi connectivity index (χ1) is 16.6. The van der Waals surface area contributed by atoms with Crippen molar-refractivity contribution in [1.82, 2.24) is 15.5 Å². The molecule has 0 spiro atoms. The van der Waals surface area contributed by atoms with Gasteiger partial charge in [-0.25, -0.2) is 4.79 Å². The lowest BCUT2D eigenvalue weighted by Gasteiger charge is -2.28. The van der Waals surface area contributed by atoms with E-state index in [4.69, 9.17) is 22.9 Å². The Labute approximate surface area is 205 Å². The number of primary amides is 1. The van der Waals surface area contributed by atoms with Crippen molar-refractivity contribution in [2.24, 2.45) is 22.9 Å². The van der Waals surface area contributed by atoms with E-state index in [0.29, 0.717) is 58.2 Å². The lowest BCUT2D eigenvalue weighted by Crippen LogP contribution is -2.56. The first-order valence-corrected chi connectivity index (χ1v) is 12.2. The Morgan fingerprint density at radius 2 is 1.54 bits per heavy atom. The van der Waals surface area contributed by atoms with E-state index in [2.05, 4.69) is 10.6 Å². The quantitative estimate of drug-likeness (QED) is 0.108. The van der Waals surface area contributed by atoms with Crippen molar-refractivity contribution in [3.63, 3.8) is 0 Å². The minimum atomic E-state index is -1.33. The molecule has 0 aliphatic carbocycles. The number of amides is 4. The van der Waals surface area contributed by atoms with Gasteiger partial charge in [-0.2, -0.15) is 0 Å². The van der Waals surface area contributed by atoms with Gasteiger partial charge in [0.1, 0.15) is 18.1 Å². The molecule has 4 atom stereocenters. The van der Waals surface area contributed by atoms with Crippen LogP contribution in [0.3, 0.4) is 0 Å². The number of carbonyl (C=O) groups is 5. The number of carboxylic acid groups (broad SMARTS) is 1. The predicted molar refractivity (Wildman–Crippen MR) is 128 cm³/mol. The van der Waals surface area contributed by atoms with Crippen molar-refractivity contribution in [3.05, 3.63) is 0 Å². The smallest absolute Gasteiger partial charge is 0.326 e. The van der Waals surface area contributed by atoms with Crippen LogP contribution in [0, 0.1) is 0 Å². The molecule has 0 aromatic carbocycles. The van der Waals surface area contributed by atoms with Crippen molar-refractivity contribution >= 4 is 29.6 Å². The van der Waals surface area contributed by atoms with Crippen LogP contribution in [0.15, 0.2) is 0 Å². The second-order valence-electron chi connectivity index (χ2n) is 8.83. The highest BCUT2D eigenvalue weighted by Gasteiger charge is 2.37. The minimum absolute atomic E-state index is 0.174. The fraction of sp³-hybridized carbons (Fsp3) is 0.773. The third-order valence-corrected chi connectivity index (χ3v) is 6.00. The molecule has 0 aromatic heterocycles. The summed E-state index contributed by atoms with van der Waals surface area (Å²) in [4.78, 5) is 62.8. The molecule has 4 unspecified atom stereocenters. The van der Waals surface area contributed by atoms with Crippen LogP contribution >= 0.6 is 0 Å². The summed E-state index contributed by atoms with van der Waals surface area (Å²) in [5.41, 5.74) is 22.1. The van der Waals surface area contributed by atoms with E-state index in [1.165, 1.54) is 4.90 Å². The maximum Gasteiger partial charge on any atom is 0.326 e. The molecule has 1 aliphatic heterocycles. The van der Waals surface area contributed by atoms with Crippen LogP contribution in [0.5, 0.6) is 0 Å². The second-order valence-corrected chi connectivity index (χ2v) is 8.83. The third-order valence-electron chi connectivity index (χ3n) is 6.00. The van der Waals surface area contributed by atoms with E-state index >= 15 is 0 Å². The van der Waals surface area contributed by atoms with E-state index in [0.717, 1.165) is 6.42 Å². The normalized spacial score (nSPS) is 17.9. The Bertz CT molecular complexity index is 735. The van der Waals surface area contributed by atoms with Gasteiger partial charge >= 0.3 is 5.97 Å². The average molecular weight is 500 g/mol. The number of carbonyl (C=O) groups excluding carboxylic acids is 4. The first-order valence-electron chi connectivity index (χ1n) is 12.2. The van der Waals surface area contributed by atoms with Crippen LogP contribution < -0.4 is 33.6 Å². The number of hydrogen-bond donors (Lipinski definition) is 7. The summed E-state index contributed by atoms with van der Waals surface area (Å²) in [7, 11) is 0. The van der Waals surface area contributed by atoms with Crippen LogP contribution in [-0.4, -0.2) is 83.4 Å².